The fourth-order valence-electron chi connectivity index (χ4n) is 2.41. The SMILES string of the molecule is CN1CCC(CN(C)S(=O)(=O)c2ccnc(N)c2)C1. The van der Waals surface area contributed by atoms with E-state index in [0.29, 0.717) is 12.5 Å². The lowest BCUT2D eigenvalue weighted by atomic mass is 10.1. The van der Waals surface area contributed by atoms with Gasteiger partial charge in [0.1, 0.15) is 5.82 Å². The van der Waals surface area contributed by atoms with E-state index < -0.39 is 10.0 Å². The predicted octanol–water partition coefficient (Wildman–Crippen LogP) is 0.236. The molecule has 0 aliphatic carbocycles. The quantitative estimate of drug-likeness (QED) is 0.856. The Hall–Kier alpha value is -1.18. The summed E-state index contributed by atoms with van der Waals surface area (Å²) < 4.78 is 26.2. The highest BCUT2D eigenvalue weighted by Crippen LogP contribution is 2.20. The number of anilines is 1. The average Bonchev–Trinajstić information content (AvgIpc) is 2.74. The van der Waals surface area contributed by atoms with E-state index in [0.717, 1.165) is 19.5 Å². The molecule has 1 aliphatic heterocycles. The normalized spacial score (nSPS) is 21.1. The van der Waals surface area contributed by atoms with Crippen LogP contribution in [-0.2, 0) is 10.0 Å². The van der Waals surface area contributed by atoms with Crippen molar-refractivity contribution in [2.24, 2.45) is 5.92 Å². The van der Waals surface area contributed by atoms with Crippen LogP contribution in [0, 0.1) is 5.92 Å². The Bertz CT molecular complexity index is 546. The standard InChI is InChI=1S/C12H20N4O2S/c1-15-6-4-10(8-15)9-16(2)19(17,18)11-3-5-14-12(13)7-11/h3,5,7,10H,4,6,8-9H2,1-2H3,(H2,13,14). The lowest BCUT2D eigenvalue weighted by Crippen LogP contribution is -2.33. The van der Waals surface area contributed by atoms with Crippen LogP contribution in [0.3, 0.4) is 0 Å². The van der Waals surface area contributed by atoms with Gasteiger partial charge in [-0.05, 0) is 32.0 Å². The van der Waals surface area contributed by atoms with E-state index in [1.54, 1.807) is 7.05 Å². The van der Waals surface area contributed by atoms with Gasteiger partial charge < -0.3 is 10.6 Å². The molecular weight excluding hydrogens is 264 g/mol. The zero-order valence-corrected chi connectivity index (χ0v) is 12.1. The van der Waals surface area contributed by atoms with E-state index in [9.17, 15) is 8.42 Å². The Morgan fingerprint density at radius 3 is 2.89 bits per heavy atom. The molecule has 0 spiro atoms. The van der Waals surface area contributed by atoms with Crippen LogP contribution in [0.4, 0.5) is 5.82 Å². The number of nitrogen functional groups attached to an aromatic ring is 1. The second-order valence-corrected chi connectivity index (χ2v) is 7.16. The van der Waals surface area contributed by atoms with Gasteiger partial charge in [-0.1, -0.05) is 0 Å². The van der Waals surface area contributed by atoms with Gasteiger partial charge in [0.15, 0.2) is 0 Å². The summed E-state index contributed by atoms with van der Waals surface area (Å²) in [6.45, 7) is 2.51. The third-order valence-electron chi connectivity index (χ3n) is 3.46. The molecule has 0 radical (unpaired) electrons. The lowest BCUT2D eigenvalue weighted by molar-refractivity contribution is 0.357. The molecule has 1 saturated heterocycles. The molecular formula is C12H20N4O2S. The molecule has 1 fully saturated rings. The van der Waals surface area contributed by atoms with Gasteiger partial charge in [0, 0.05) is 32.4 Å². The summed E-state index contributed by atoms with van der Waals surface area (Å²) in [4.78, 5) is 6.23. The van der Waals surface area contributed by atoms with Gasteiger partial charge in [-0.15, -0.1) is 0 Å². The van der Waals surface area contributed by atoms with Crippen molar-refractivity contribution in [3.63, 3.8) is 0 Å². The van der Waals surface area contributed by atoms with Crippen molar-refractivity contribution >= 4 is 15.8 Å². The van der Waals surface area contributed by atoms with Crippen LogP contribution in [0.2, 0.25) is 0 Å². The third-order valence-corrected chi connectivity index (χ3v) is 5.28. The molecule has 6 nitrogen and oxygen atoms in total. The summed E-state index contributed by atoms with van der Waals surface area (Å²) in [7, 11) is 0.197. The Morgan fingerprint density at radius 2 is 2.32 bits per heavy atom. The Labute approximate surface area is 114 Å². The molecule has 0 amide bonds. The topological polar surface area (TPSA) is 79.5 Å². The predicted molar refractivity (Wildman–Crippen MR) is 74.1 cm³/mol. The summed E-state index contributed by atoms with van der Waals surface area (Å²) in [5.41, 5.74) is 5.54. The number of hydrogen-bond donors (Lipinski definition) is 1. The molecule has 1 aliphatic rings. The number of hydrogen-bond acceptors (Lipinski definition) is 5. The first-order valence-corrected chi connectivity index (χ1v) is 7.70. The molecule has 1 aromatic rings. The van der Waals surface area contributed by atoms with Crippen molar-refractivity contribution in [2.45, 2.75) is 11.3 Å². The van der Waals surface area contributed by atoms with Gasteiger partial charge in [0.2, 0.25) is 10.0 Å². The Morgan fingerprint density at radius 1 is 1.58 bits per heavy atom. The van der Waals surface area contributed by atoms with Gasteiger partial charge in [0.05, 0.1) is 4.90 Å². The molecule has 1 aromatic heterocycles. The van der Waals surface area contributed by atoms with E-state index in [-0.39, 0.29) is 10.7 Å². The first-order chi connectivity index (χ1) is 8.89. The highest BCUT2D eigenvalue weighted by atomic mass is 32.2. The average molecular weight is 284 g/mol. The first kappa shape index (κ1) is 14.2. The van der Waals surface area contributed by atoms with Crippen molar-refractivity contribution in [2.75, 3.05) is 39.5 Å². The van der Waals surface area contributed by atoms with Crippen molar-refractivity contribution in [3.05, 3.63) is 18.3 Å². The number of aromatic nitrogens is 1. The van der Waals surface area contributed by atoms with E-state index in [1.807, 2.05) is 0 Å². The van der Waals surface area contributed by atoms with Crippen molar-refractivity contribution in [1.82, 2.24) is 14.2 Å². The minimum Gasteiger partial charge on any atom is -0.384 e. The Balaban J connectivity index is 2.11. The van der Waals surface area contributed by atoms with Gasteiger partial charge in [-0.2, -0.15) is 0 Å². The number of sulfonamides is 1. The second kappa shape index (κ2) is 5.44. The van der Waals surface area contributed by atoms with E-state index in [4.69, 9.17) is 5.73 Å². The van der Waals surface area contributed by atoms with E-state index in [1.165, 1.54) is 22.6 Å². The van der Waals surface area contributed by atoms with Crippen LogP contribution in [0.25, 0.3) is 0 Å². The molecule has 2 rings (SSSR count). The number of nitrogens with zero attached hydrogens (tertiary/aromatic N) is 3. The smallest absolute Gasteiger partial charge is 0.243 e. The first-order valence-electron chi connectivity index (χ1n) is 6.26. The summed E-state index contributed by atoms with van der Waals surface area (Å²) in [5.74, 6) is 0.610. The molecule has 0 bridgehead atoms. The van der Waals surface area contributed by atoms with E-state index in [2.05, 4.69) is 16.9 Å². The van der Waals surface area contributed by atoms with Crippen LogP contribution in [0.1, 0.15) is 6.42 Å². The zero-order chi connectivity index (χ0) is 14.0. The zero-order valence-electron chi connectivity index (χ0n) is 11.3. The van der Waals surface area contributed by atoms with Crippen LogP contribution in [-0.4, -0.2) is 56.3 Å². The molecule has 2 N–H and O–H groups in total. The summed E-state index contributed by atoms with van der Waals surface area (Å²) in [5, 5.41) is 0. The van der Waals surface area contributed by atoms with Crippen LogP contribution < -0.4 is 5.73 Å². The maximum absolute atomic E-state index is 12.4. The largest absolute Gasteiger partial charge is 0.384 e. The molecule has 1 unspecified atom stereocenters. The van der Waals surface area contributed by atoms with Crippen LogP contribution in [0.5, 0.6) is 0 Å². The highest BCUT2D eigenvalue weighted by Gasteiger charge is 2.27. The lowest BCUT2D eigenvalue weighted by Gasteiger charge is -2.21. The van der Waals surface area contributed by atoms with Crippen LogP contribution in [0.15, 0.2) is 23.2 Å². The number of likely N-dealkylation sites (tertiary alicyclic amines) is 1. The minimum absolute atomic E-state index is 0.203. The molecule has 1 atom stereocenters. The molecule has 19 heavy (non-hydrogen) atoms. The molecule has 7 heteroatoms. The van der Waals surface area contributed by atoms with Crippen molar-refractivity contribution in [3.8, 4) is 0 Å². The van der Waals surface area contributed by atoms with Gasteiger partial charge >= 0.3 is 0 Å². The number of pyridine rings is 1. The summed E-state index contributed by atoms with van der Waals surface area (Å²) >= 11 is 0. The minimum atomic E-state index is -3.47. The van der Waals surface area contributed by atoms with Gasteiger partial charge in [-0.25, -0.2) is 17.7 Å². The highest BCUT2D eigenvalue weighted by molar-refractivity contribution is 7.89. The fourth-order valence-corrected chi connectivity index (χ4v) is 3.67. The number of rotatable bonds is 4. The fraction of sp³-hybridized carbons (Fsp3) is 0.583. The van der Waals surface area contributed by atoms with Gasteiger partial charge in [0.25, 0.3) is 0 Å². The monoisotopic (exact) mass is 284 g/mol. The summed E-state index contributed by atoms with van der Waals surface area (Å²) in [6, 6.07) is 2.87. The molecule has 0 saturated carbocycles. The third kappa shape index (κ3) is 3.23. The summed E-state index contributed by atoms with van der Waals surface area (Å²) in [6.07, 6.45) is 2.45. The maximum Gasteiger partial charge on any atom is 0.243 e. The molecule has 2 heterocycles. The van der Waals surface area contributed by atoms with E-state index >= 15 is 0 Å². The van der Waals surface area contributed by atoms with Gasteiger partial charge in [-0.3, -0.25) is 0 Å². The Kier molecular flexibility index (Phi) is 4.07. The maximum atomic E-state index is 12.4. The molecule has 0 aromatic carbocycles. The van der Waals surface area contributed by atoms with Crippen molar-refractivity contribution in [1.29, 1.82) is 0 Å². The van der Waals surface area contributed by atoms with Crippen LogP contribution >= 0.6 is 0 Å². The number of nitrogens with two attached hydrogens (primary N) is 1. The molecule has 106 valence electrons. The van der Waals surface area contributed by atoms with Crippen molar-refractivity contribution < 1.29 is 8.42 Å². The second-order valence-electron chi connectivity index (χ2n) is 5.12.